The number of nitrogens with zero attached hydrogens (tertiary/aromatic N) is 2. The number of anilines is 6. The predicted octanol–water partition coefficient (Wildman–Crippen LogP) is 15.6. The summed E-state index contributed by atoms with van der Waals surface area (Å²) in [6.07, 6.45) is 3.82. The molecule has 0 amide bonds. The van der Waals surface area contributed by atoms with Gasteiger partial charge in [0.2, 0.25) is 0 Å². The molecule has 0 N–H and O–H groups in total. The van der Waals surface area contributed by atoms with Crippen LogP contribution < -0.4 is 9.80 Å². The Bertz CT molecular complexity index is 2540. The largest absolute Gasteiger partial charge is 0.310 e. The Labute approximate surface area is 337 Å². The third kappa shape index (κ3) is 6.66. The fourth-order valence-electron chi connectivity index (χ4n) is 8.33. The van der Waals surface area contributed by atoms with Crippen molar-refractivity contribution in [3.63, 3.8) is 0 Å². The summed E-state index contributed by atoms with van der Waals surface area (Å²) >= 11 is 0. The van der Waals surface area contributed by atoms with E-state index in [9.17, 15) is 0 Å². The number of hydrogen-bond donors (Lipinski definition) is 0. The van der Waals surface area contributed by atoms with Gasteiger partial charge in [-0.15, -0.1) is 0 Å². The SMILES string of the molecule is C=Cc1cccc(N(c2ccc(-c3ccccc3)cc2)c2ccc3c(c2)C(C)(C)c2cc(N(c4ccc(-c5ccccc5)cc4)c4cccc(C=C)c4)ccc2-3)c1. The Morgan fingerprint density at radius 1 is 0.351 bits per heavy atom. The zero-order chi connectivity index (χ0) is 38.9. The molecule has 2 nitrogen and oxygen atoms in total. The number of benzene rings is 8. The van der Waals surface area contributed by atoms with Crippen LogP contribution in [-0.4, -0.2) is 0 Å². The van der Waals surface area contributed by atoms with E-state index in [-0.39, 0.29) is 5.41 Å². The standard InChI is InChI=1S/C55H44N2/c1-5-39-15-13-21-47(35-39)56(45-27-23-43(24-28-45)41-17-9-7-10-18-41)49-31-33-51-52-34-32-50(38-54(52)55(3,4)53(51)37-49)57(48-22-14-16-40(6-2)36-48)46-29-25-44(26-30-46)42-19-11-8-12-20-42/h5-38H,1-2H2,3-4H3. The van der Waals surface area contributed by atoms with Crippen LogP contribution in [0.5, 0.6) is 0 Å². The molecule has 0 heterocycles. The van der Waals surface area contributed by atoms with Gasteiger partial charge < -0.3 is 9.80 Å². The van der Waals surface area contributed by atoms with Crippen LogP contribution in [0.2, 0.25) is 0 Å². The smallest absolute Gasteiger partial charge is 0.0467 e. The molecule has 274 valence electrons. The van der Waals surface area contributed by atoms with Crippen LogP contribution in [0.15, 0.2) is 207 Å². The Balaban J connectivity index is 1.12. The first-order valence-electron chi connectivity index (χ1n) is 19.6. The quantitative estimate of drug-likeness (QED) is 0.138. The van der Waals surface area contributed by atoms with E-state index in [0.29, 0.717) is 0 Å². The van der Waals surface area contributed by atoms with Crippen LogP contribution >= 0.6 is 0 Å². The second kappa shape index (κ2) is 14.8. The van der Waals surface area contributed by atoms with Crippen molar-refractivity contribution in [2.24, 2.45) is 0 Å². The van der Waals surface area contributed by atoms with Crippen molar-refractivity contribution in [2.75, 3.05) is 9.80 Å². The van der Waals surface area contributed by atoms with E-state index in [1.165, 1.54) is 44.5 Å². The maximum Gasteiger partial charge on any atom is 0.0467 e. The molecule has 0 unspecified atom stereocenters. The van der Waals surface area contributed by atoms with E-state index in [2.05, 4.69) is 231 Å². The van der Waals surface area contributed by atoms with Crippen LogP contribution in [0, 0.1) is 0 Å². The Kier molecular flexibility index (Phi) is 9.24. The lowest BCUT2D eigenvalue weighted by Crippen LogP contribution is -2.17. The van der Waals surface area contributed by atoms with Gasteiger partial charge in [0.25, 0.3) is 0 Å². The van der Waals surface area contributed by atoms with Gasteiger partial charge in [-0.25, -0.2) is 0 Å². The summed E-state index contributed by atoms with van der Waals surface area (Å²) in [4.78, 5) is 4.72. The Morgan fingerprint density at radius 3 is 1.09 bits per heavy atom. The molecule has 0 aliphatic heterocycles. The van der Waals surface area contributed by atoms with Gasteiger partial charge in [-0.1, -0.05) is 160 Å². The average molecular weight is 733 g/mol. The maximum absolute atomic E-state index is 4.07. The highest BCUT2D eigenvalue weighted by molar-refractivity contribution is 5.89. The fraction of sp³-hybridized carbons (Fsp3) is 0.0545. The van der Waals surface area contributed by atoms with Gasteiger partial charge in [0.05, 0.1) is 0 Å². The van der Waals surface area contributed by atoms with Crippen molar-refractivity contribution in [3.8, 4) is 33.4 Å². The molecule has 57 heavy (non-hydrogen) atoms. The van der Waals surface area contributed by atoms with E-state index in [4.69, 9.17) is 0 Å². The van der Waals surface area contributed by atoms with Crippen molar-refractivity contribution in [3.05, 3.63) is 230 Å². The van der Waals surface area contributed by atoms with Crippen LogP contribution in [0.4, 0.5) is 34.1 Å². The highest BCUT2D eigenvalue weighted by atomic mass is 15.1. The van der Waals surface area contributed by atoms with Crippen molar-refractivity contribution < 1.29 is 0 Å². The molecule has 0 aromatic heterocycles. The van der Waals surface area contributed by atoms with Gasteiger partial charge in [-0.2, -0.15) is 0 Å². The summed E-state index contributed by atoms with van der Waals surface area (Å²) < 4.78 is 0. The monoisotopic (exact) mass is 732 g/mol. The van der Waals surface area contributed by atoms with Gasteiger partial charge in [0, 0.05) is 39.5 Å². The minimum atomic E-state index is -0.256. The zero-order valence-corrected chi connectivity index (χ0v) is 32.4. The summed E-state index contributed by atoms with van der Waals surface area (Å²) in [6, 6.07) is 70.0. The topological polar surface area (TPSA) is 6.48 Å². The molecule has 0 saturated heterocycles. The lowest BCUT2D eigenvalue weighted by molar-refractivity contribution is 0.660. The third-order valence-corrected chi connectivity index (χ3v) is 11.4. The highest BCUT2D eigenvalue weighted by Crippen LogP contribution is 2.52. The first-order valence-corrected chi connectivity index (χ1v) is 19.6. The summed E-state index contributed by atoms with van der Waals surface area (Å²) in [5.74, 6) is 0. The number of fused-ring (bicyclic) bond motifs is 3. The zero-order valence-electron chi connectivity index (χ0n) is 32.4. The van der Waals surface area contributed by atoms with E-state index < -0.39 is 0 Å². The summed E-state index contributed by atoms with van der Waals surface area (Å²) in [5, 5.41) is 0. The normalized spacial score (nSPS) is 12.3. The summed E-state index contributed by atoms with van der Waals surface area (Å²) in [6.45, 7) is 12.9. The molecule has 0 atom stereocenters. The summed E-state index contributed by atoms with van der Waals surface area (Å²) in [7, 11) is 0. The average Bonchev–Trinajstić information content (AvgIpc) is 3.50. The molecule has 0 saturated carbocycles. The van der Waals surface area contributed by atoms with Crippen molar-refractivity contribution >= 4 is 46.3 Å². The summed E-state index contributed by atoms with van der Waals surface area (Å²) in [5.41, 5.74) is 18.5. The molecule has 0 bridgehead atoms. The fourth-order valence-corrected chi connectivity index (χ4v) is 8.33. The van der Waals surface area contributed by atoms with E-state index in [1.54, 1.807) is 0 Å². The maximum atomic E-state index is 4.07. The van der Waals surface area contributed by atoms with Crippen LogP contribution in [0.3, 0.4) is 0 Å². The Morgan fingerprint density at radius 2 is 0.702 bits per heavy atom. The minimum Gasteiger partial charge on any atom is -0.310 e. The van der Waals surface area contributed by atoms with Gasteiger partial charge >= 0.3 is 0 Å². The molecule has 1 aliphatic carbocycles. The van der Waals surface area contributed by atoms with E-state index in [1.807, 2.05) is 12.2 Å². The molecule has 2 heteroatoms. The second-order valence-electron chi connectivity index (χ2n) is 15.2. The van der Waals surface area contributed by atoms with Crippen molar-refractivity contribution in [1.82, 2.24) is 0 Å². The lowest BCUT2D eigenvalue weighted by atomic mass is 9.82. The molecule has 1 aliphatic rings. The second-order valence-corrected chi connectivity index (χ2v) is 15.2. The molecule has 9 rings (SSSR count). The van der Waals surface area contributed by atoms with Crippen molar-refractivity contribution in [2.45, 2.75) is 19.3 Å². The Hall–Kier alpha value is -7.16. The number of rotatable bonds is 10. The van der Waals surface area contributed by atoms with Crippen LogP contribution in [0.25, 0.3) is 45.5 Å². The van der Waals surface area contributed by atoms with Gasteiger partial charge in [0.1, 0.15) is 0 Å². The molecule has 0 fully saturated rings. The van der Waals surface area contributed by atoms with Crippen LogP contribution in [0.1, 0.15) is 36.1 Å². The van der Waals surface area contributed by atoms with Gasteiger partial charge in [0.15, 0.2) is 0 Å². The van der Waals surface area contributed by atoms with Gasteiger partial charge in [-0.05, 0) is 128 Å². The highest BCUT2D eigenvalue weighted by Gasteiger charge is 2.37. The predicted molar refractivity (Wildman–Crippen MR) is 244 cm³/mol. The van der Waals surface area contributed by atoms with Crippen molar-refractivity contribution in [1.29, 1.82) is 0 Å². The van der Waals surface area contributed by atoms with Gasteiger partial charge in [-0.3, -0.25) is 0 Å². The molecule has 8 aromatic carbocycles. The van der Waals surface area contributed by atoms with E-state index in [0.717, 1.165) is 45.3 Å². The lowest BCUT2D eigenvalue weighted by Gasteiger charge is -2.29. The number of hydrogen-bond acceptors (Lipinski definition) is 2. The van der Waals surface area contributed by atoms with Crippen LogP contribution in [-0.2, 0) is 5.41 Å². The molecular weight excluding hydrogens is 689 g/mol. The van der Waals surface area contributed by atoms with E-state index >= 15 is 0 Å². The molecule has 0 radical (unpaired) electrons. The first kappa shape index (κ1) is 35.5. The molecule has 0 spiro atoms. The third-order valence-electron chi connectivity index (χ3n) is 11.4. The minimum absolute atomic E-state index is 0.256. The first-order chi connectivity index (χ1) is 27.9. The molecular formula is C55H44N2. The molecule has 8 aromatic rings.